The van der Waals surface area contributed by atoms with Gasteiger partial charge in [0.15, 0.2) is 0 Å². The summed E-state index contributed by atoms with van der Waals surface area (Å²) in [4.78, 5) is 6.80. The van der Waals surface area contributed by atoms with Crippen LogP contribution in [0, 0.1) is 5.92 Å². The Hall–Kier alpha value is -1.87. The second-order valence-corrected chi connectivity index (χ2v) is 5.67. The van der Waals surface area contributed by atoms with Crippen LogP contribution < -0.4 is 4.90 Å². The van der Waals surface area contributed by atoms with Gasteiger partial charge in [0.05, 0.1) is 6.10 Å². The van der Waals surface area contributed by atoms with Crippen molar-refractivity contribution in [1.82, 2.24) is 4.98 Å². The van der Waals surface area contributed by atoms with E-state index in [1.807, 2.05) is 12.1 Å². The van der Waals surface area contributed by atoms with Crippen LogP contribution in [-0.4, -0.2) is 16.6 Å². The first-order valence-electron chi connectivity index (χ1n) is 7.14. The second kappa shape index (κ2) is 5.25. The number of pyridine rings is 1. The second-order valence-electron chi connectivity index (χ2n) is 5.67. The van der Waals surface area contributed by atoms with E-state index in [-0.39, 0.29) is 0 Å². The molecule has 1 unspecified atom stereocenters. The molecule has 2 aromatic rings. The van der Waals surface area contributed by atoms with Crippen molar-refractivity contribution in [2.45, 2.75) is 26.4 Å². The minimum Gasteiger partial charge on any atom is -0.389 e. The van der Waals surface area contributed by atoms with Gasteiger partial charge in [0.25, 0.3) is 0 Å². The molecule has 2 heterocycles. The molecule has 3 heteroatoms. The third kappa shape index (κ3) is 2.41. The Balaban J connectivity index is 1.97. The third-order valence-corrected chi connectivity index (χ3v) is 3.87. The molecule has 0 saturated carbocycles. The number of benzene rings is 1. The zero-order valence-electron chi connectivity index (χ0n) is 12.0. The van der Waals surface area contributed by atoms with Gasteiger partial charge in [-0.05, 0) is 42.5 Å². The highest BCUT2D eigenvalue weighted by Crippen LogP contribution is 2.34. The Bertz CT molecular complexity index is 592. The molecular formula is C17H20N2O. The summed E-state index contributed by atoms with van der Waals surface area (Å²) in [5.41, 5.74) is 3.49. The van der Waals surface area contributed by atoms with Crippen molar-refractivity contribution in [3.8, 4) is 0 Å². The number of anilines is 2. The van der Waals surface area contributed by atoms with Gasteiger partial charge in [-0.25, -0.2) is 4.98 Å². The summed E-state index contributed by atoms with van der Waals surface area (Å²) in [6, 6.07) is 12.5. The lowest BCUT2D eigenvalue weighted by Gasteiger charge is -2.34. The molecule has 1 aromatic carbocycles. The SMILES string of the molecule is CC1Cc2ccccc2N(c2ccc([C@H](C)O)cn2)C1. The van der Waals surface area contributed by atoms with Gasteiger partial charge in [-0.3, -0.25) is 0 Å². The molecule has 0 aliphatic carbocycles. The zero-order valence-corrected chi connectivity index (χ0v) is 12.0. The van der Waals surface area contributed by atoms with Crippen LogP contribution in [0.25, 0.3) is 0 Å². The van der Waals surface area contributed by atoms with Gasteiger partial charge >= 0.3 is 0 Å². The van der Waals surface area contributed by atoms with Crippen LogP contribution in [-0.2, 0) is 6.42 Å². The lowest BCUT2D eigenvalue weighted by molar-refractivity contribution is 0.199. The van der Waals surface area contributed by atoms with Crippen LogP contribution in [0.5, 0.6) is 0 Å². The number of para-hydroxylation sites is 1. The van der Waals surface area contributed by atoms with Crippen LogP contribution in [0.2, 0.25) is 0 Å². The maximum Gasteiger partial charge on any atom is 0.132 e. The lowest BCUT2D eigenvalue weighted by atomic mass is 9.94. The minimum absolute atomic E-state index is 0.468. The summed E-state index contributed by atoms with van der Waals surface area (Å²) >= 11 is 0. The minimum atomic E-state index is -0.468. The molecular weight excluding hydrogens is 248 g/mol. The first kappa shape index (κ1) is 13.1. The number of hydrogen-bond donors (Lipinski definition) is 1. The monoisotopic (exact) mass is 268 g/mol. The first-order valence-corrected chi connectivity index (χ1v) is 7.14. The average molecular weight is 268 g/mol. The molecule has 0 fully saturated rings. The average Bonchev–Trinajstić information content (AvgIpc) is 2.46. The fourth-order valence-corrected chi connectivity index (χ4v) is 2.82. The van der Waals surface area contributed by atoms with E-state index >= 15 is 0 Å². The van der Waals surface area contributed by atoms with Crippen molar-refractivity contribution in [3.63, 3.8) is 0 Å². The molecule has 1 aliphatic heterocycles. The van der Waals surface area contributed by atoms with Crippen LogP contribution in [0.3, 0.4) is 0 Å². The van der Waals surface area contributed by atoms with E-state index in [4.69, 9.17) is 0 Å². The Labute approximate surface area is 119 Å². The molecule has 20 heavy (non-hydrogen) atoms. The van der Waals surface area contributed by atoms with Crippen molar-refractivity contribution in [3.05, 3.63) is 53.7 Å². The smallest absolute Gasteiger partial charge is 0.132 e. The van der Waals surface area contributed by atoms with Crippen molar-refractivity contribution >= 4 is 11.5 Å². The van der Waals surface area contributed by atoms with Gasteiger partial charge in [-0.15, -0.1) is 0 Å². The zero-order chi connectivity index (χ0) is 14.1. The van der Waals surface area contributed by atoms with Crippen molar-refractivity contribution in [2.75, 3.05) is 11.4 Å². The Morgan fingerprint density at radius 3 is 2.75 bits per heavy atom. The van der Waals surface area contributed by atoms with Crippen molar-refractivity contribution in [2.24, 2.45) is 5.92 Å². The number of fused-ring (bicyclic) bond motifs is 1. The molecule has 0 radical (unpaired) electrons. The highest BCUT2D eigenvalue weighted by Gasteiger charge is 2.23. The molecule has 3 rings (SSSR count). The van der Waals surface area contributed by atoms with E-state index < -0.39 is 6.10 Å². The van der Waals surface area contributed by atoms with E-state index in [9.17, 15) is 5.11 Å². The van der Waals surface area contributed by atoms with Crippen LogP contribution in [0.15, 0.2) is 42.6 Å². The van der Waals surface area contributed by atoms with Crippen molar-refractivity contribution in [1.29, 1.82) is 0 Å². The molecule has 1 aromatic heterocycles. The van der Waals surface area contributed by atoms with Gasteiger partial charge in [-0.2, -0.15) is 0 Å². The molecule has 104 valence electrons. The van der Waals surface area contributed by atoms with Crippen LogP contribution in [0.1, 0.15) is 31.1 Å². The Morgan fingerprint density at radius 1 is 1.25 bits per heavy atom. The highest BCUT2D eigenvalue weighted by molar-refractivity contribution is 5.65. The predicted molar refractivity (Wildman–Crippen MR) is 81.2 cm³/mol. The van der Waals surface area contributed by atoms with E-state index in [1.165, 1.54) is 11.3 Å². The summed E-state index contributed by atoms with van der Waals surface area (Å²) in [7, 11) is 0. The summed E-state index contributed by atoms with van der Waals surface area (Å²) in [5, 5.41) is 9.57. The van der Waals surface area contributed by atoms with E-state index in [0.717, 1.165) is 24.3 Å². The van der Waals surface area contributed by atoms with E-state index in [0.29, 0.717) is 5.92 Å². The van der Waals surface area contributed by atoms with E-state index in [2.05, 4.69) is 41.1 Å². The number of aliphatic hydroxyl groups excluding tert-OH is 1. The summed E-state index contributed by atoms with van der Waals surface area (Å²) in [5.74, 6) is 1.57. The molecule has 0 bridgehead atoms. The number of aromatic nitrogens is 1. The summed E-state index contributed by atoms with van der Waals surface area (Å²) in [6.45, 7) is 5.01. The highest BCUT2D eigenvalue weighted by atomic mass is 16.3. The molecule has 0 spiro atoms. The molecule has 0 amide bonds. The lowest BCUT2D eigenvalue weighted by Crippen LogP contribution is -2.30. The molecule has 1 N–H and O–H groups in total. The van der Waals surface area contributed by atoms with Gasteiger partial charge in [0.1, 0.15) is 5.82 Å². The standard InChI is InChI=1S/C17H20N2O/c1-12-9-14-5-3-4-6-16(14)19(11-12)17-8-7-15(10-18-17)13(2)20/h3-8,10,12-13,20H,9,11H2,1-2H3/t12?,13-/m0/s1. The Kier molecular flexibility index (Phi) is 3.45. The summed E-state index contributed by atoms with van der Waals surface area (Å²) in [6.07, 6.45) is 2.42. The van der Waals surface area contributed by atoms with Gasteiger partial charge in [-0.1, -0.05) is 31.2 Å². The number of hydrogen-bond acceptors (Lipinski definition) is 3. The van der Waals surface area contributed by atoms with Gasteiger partial charge in [0.2, 0.25) is 0 Å². The Morgan fingerprint density at radius 2 is 2.05 bits per heavy atom. The number of aliphatic hydroxyl groups is 1. The van der Waals surface area contributed by atoms with Gasteiger partial charge in [0, 0.05) is 18.4 Å². The fourth-order valence-electron chi connectivity index (χ4n) is 2.82. The molecule has 0 saturated heterocycles. The molecule has 3 nitrogen and oxygen atoms in total. The predicted octanol–water partition coefficient (Wildman–Crippen LogP) is 3.47. The molecule has 2 atom stereocenters. The van der Waals surface area contributed by atoms with Crippen molar-refractivity contribution < 1.29 is 5.11 Å². The largest absolute Gasteiger partial charge is 0.389 e. The maximum atomic E-state index is 9.57. The van der Waals surface area contributed by atoms with E-state index in [1.54, 1.807) is 13.1 Å². The fraction of sp³-hybridized carbons (Fsp3) is 0.353. The number of rotatable bonds is 2. The van der Waals surface area contributed by atoms with Gasteiger partial charge < -0.3 is 10.0 Å². The topological polar surface area (TPSA) is 36.4 Å². The molecule has 1 aliphatic rings. The maximum absolute atomic E-state index is 9.57. The third-order valence-electron chi connectivity index (χ3n) is 3.87. The quantitative estimate of drug-likeness (QED) is 0.906. The van der Waals surface area contributed by atoms with Crippen LogP contribution in [0.4, 0.5) is 11.5 Å². The normalized spacial score (nSPS) is 19.6. The van der Waals surface area contributed by atoms with Crippen LogP contribution >= 0.6 is 0 Å². The first-order chi connectivity index (χ1) is 9.65. The number of nitrogens with zero attached hydrogens (tertiary/aromatic N) is 2. The summed E-state index contributed by atoms with van der Waals surface area (Å²) < 4.78 is 0.